The molecule has 18 heavy (non-hydrogen) atoms. The molecular formula is C13H18N4S. The van der Waals surface area contributed by atoms with Gasteiger partial charge in [0.25, 0.3) is 0 Å². The Kier molecular flexibility index (Phi) is 3.43. The summed E-state index contributed by atoms with van der Waals surface area (Å²) in [6.07, 6.45) is 8.89. The number of hydrogen-bond donors (Lipinski definition) is 1. The third-order valence-electron chi connectivity index (χ3n) is 3.25. The predicted molar refractivity (Wildman–Crippen MR) is 73.3 cm³/mol. The van der Waals surface area contributed by atoms with Gasteiger partial charge in [-0.3, -0.25) is 4.57 Å². The fourth-order valence-electron chi connectivity index (χ4n) is 2.26. The van der Waals surface area contributed by atoms with Crippen molar-refractivity contribution in [1.82, 2.24) is 19.9 Å². The van der Waals surface area contributed by atoms with Crippen LogP contribution in [0, 0.1) is 0 Å². The number of hydrogen-bond acceptors (Lipinski definition) is 4. The maximum Gasteiger partial charge on any atom is 0.195 e. The zero-order valence-corrected chi connectivity index (χ0v) is 11.5. The minimum absolute atomic E-state index is 0.828. The zero-order chi connectivity index (χ0) is 12.4. The average molecular weight is 262 g/mol. The van der Waals surface area contributed by atoms with Crippen LogP contribution < -0.4 is 5.32 Å². The minimum Gasteiger partial charge on any atom is -0.311 e. The fourth-order valence-corrected chi connectivity index (χ4v) is 3.35. The van der Waals surface area contributed by atoms with Gasteiger partial charge >= 0.3 is 0 Å². The largest absolute Gasteiger partial charge is 0.311 e. The van der Waals surface area contributed by atoms with Gasteiger partial charge in [0.1, 0.15) is 6.33 Å². The van der Waals surface area contributed by atoms with E-state index in [1.807, 2.05) is 17.7 Å². The van der Waals surface area contributed by atoms with Crippen LogP contribution in [0.3, 0.4) is 0 Å². The highest BCUT2D eigenvalue weighted by atomic mass is 32.1. The van der Waals surface area contributed by atoms with E-state index in [0.717, 1.165) is 30.3 Å². The maximum atomic E-state index is 4.74. The summed E-state index contributed by atoms with van der Waals surface area (Å²) in [4.78, 5) is 10.6. The van der Waals surface area contributed by atoms with Gasteiger partial charge in [-0.05, 0) is 32.2 Å². The number of aryl methyl sites for hydroxylation is 2. The van der Waals surface area contributed by atoms with Crippen molar-refractivity contribution in [2.24, 2.45) is 0 Å². The molecule has 1 aliphatic rings. The number of fused-ring (bicyclic) bond motifs is 1. The molecule has 0 atom stereocenters. The van der Waals surface area contributed by atoms with Crippen LogP contribution in [0.25, 0.3) is 5.13 Å². The lowest BCUT2D eigenvalue weighted by molar-refractivity contribution is 0.681. The quantitative estimate of drug-likeness (QED) is 0.919. The van der Waals surface area contributed by atoms with Crippen molar-refractivity contribution < 1.29 is 0 Å². The van der Waals surface area contributed by atoms with Crippen molar-refractivity contribution >= 4 is 11.3 Å². The maximum absolute atomic E-state index is 4.74. The minimum atomic E-state index is 0.828. The van der Waals surface area contributed by atoms with Crippen LogP contribution in [0.15, 0.2) is 12.5 Å². The molecule has 0 radical (unpaired) electrons. The van der Waals surface area contributed by atoms with E-state index >= 15 is 0 Å². The second-order valence-corrected chi connectivity index (χ2v) is 5.69. The van der Waals surface area contributed by atoms with E-state index in [1.165, 1.54) is 29.8 Å². The average Bonchev–Trinajstić information content (AvgIpc) is 3.02. The van der Waals surface area contributed by atoms with E-state index in [2.05, 4.69) is 28.0 Å². The molecule has 0 spiro atoms. The molecule has 0 saturated carbocycles. The third kappa shape index (κ3) is 2.33. The van der Waals surface area contributed by atoms with E-state index in [0.29, 0.717) is 0 Å². The lowest BCUT2D eigenvalue weighted by Gasteiger charge is -2.06. The summed E-state index contributed by atoms with van der Waals surface area (Å²) in [5, 5.41) is 4.35. The number of thiazole rings is 1. The highest BCUT2D eigenvalue weighted by molar-refractivity contribution is 7.14. The third-order valence-corrected chi connectivity index (χ3v) is 4.42. The van der Waals surface area contributed by atoms with Gasteiger partial charge in [-0.1, -0.05) is 6.92 Å². The van der Waals surface area contributed by atoms with Crippen LogP contribution >= 0.6 is 11.3 Å². The fraction of sp³-hybridized carbons (Fsp3) is 0.538. The van der Waals surface area contributed by atoms with Crippen LogP contribution in [0.4, 0.5) is 0 Å². The first-order valence-corrected chi connectivity index (χ1v) is 7.41. The molecule has 0 aromatic carbocycles. The molecule has 1 N–H and O–H groups in total. The Morgan fingerprint density at radius 1 is 1.39 bits per heavy atom. The van der Waals surface area contributed by atoms with E-state index in [9.17, 15) is 0 Å². The van der Waals surface area contributed by atoms with Gasteiger partial charge in [0.15, 0.2) is 5.13 Å². The highest BCUT2D eigenvalue weighted by Crippen LogP contribution is 2.28. The van der Waals surface area contributed by atoms with Crippen LogP contribution in [0.1, 0.15) is 36.0 Å². The molecule has 0 fully saturated rings. The first kappa shape index (κ1) is 11.9. The molecule has 0 bridgehead atoms. The van der Waals surface area contributed by atoms with E-state index in [-0.39, 0.29) is 0 Å². The molecule has 0 unspecified atom stereocenters. The van der Waals surface area contributed by atoms with Crippen molar-refractivity contribution in [2.45, 2.75) is 39.2 Å². The van der Waals surface area contributed by atoms with Gasteiger partial charge in [-0.25, -0.2) is 9.97 Å². The Balaban J connectivity index is 1.81. The molecule has 2 aromatic heterocycles. The molecule has 3 rings (SSSR count). The topological polar surface area (TPSA) is 42.7 Å². The smallest absolute Gasteiger partial charge is 0.195 e. The number of nitrogens with zero attached hydrogens (tertiary/aromatic N) is 3. The molecule has 5 heteroatoms. The van der Waals surface area contributed by atoms with Crippen molar-refractivity contribution in [3.8, 4) is 5.13 Å². The second kappa shape index (κ2) is 5.20. The Bertz CT molecular complexity index is 505. The summed E-state index contributed by atoms with van der Waals surface area (Å²) in [6, 6.07) is 0. The lowest BCUT2D eigenvalue weighted by Crippen LogP contribution is -2.11. The predicted octanol–water partition coefficient (Wildman–Crippen LogP) is 2.32. The van der Waals surface area contributed by atoms with Gasteiger partial charge in [-0.15, -0.1) is 11.3 Å². The zero-order valence-electron chi connectivity index (χ0n) is 10.6. The van der Waals surface area contributed by atoms with E-state index in [4.69, 9.17) is 4.98 Å². The van der Waals surface area contributed by atoms with Crippen molar-refractivity contribution in [1.29, 1.82) is 0 Å². The lowest BCUT2D eigenvalue weighted by atomic mass is 10.0. The number of imidazole rings is 1. The van der Waals surface area contributed by atoms with Gasteiger partial charge in [0.05, 0.1) is 11.4 Å². The summed E-state index contributed by atoms with van der Waals surface area (Å²) in [5.41, 5.74) is 2.38. The van der Waals surface area contributed by atoms with Crippen LogP contribution in [-0.4, -0.2) is 21.1 Å². The summed E-state index contributed by atoms with van der Waals surface area (Å²) < 4.78 is 2.05. The Morgan fingerprint density at radius 2 is 2.28 bits per heavy atom. The standard InChI is InChI=1S/C13H18N4S/c1-2-14-7-10-8-17(9-15-10)13-16-11-5-3-4-6-12(11)18-13/h8-9,14H,2-7H2,1H3. The second-order valence-electron chi connectivity index (χ2n) is 4.63. The molecule has 0 amide bonds. The van der Waals surface area contributed by atoms with Crippen LogP contribution in [0.5, 0.6) is 0 Å². The molecule has 2 heterocycles. The highest BCUT2D eigenvalue weighted by Gasteiger charge is 2.16. The van der Waals surface area contributed by atoms with Crippen molar-refractivity contribution in [3.05, 3.63) is 28.8 Å². The molecule has 0 saturated heterocycles. The van der Waals surface area contributed by atoms with Gasteiger partial charge in [-0.2, -0.15) is 0 Å². The molecule has 96 valence electrons. The summed E-state index contributed by atoms with van der Waals surface area (Å²) in [5.74, 6) is 0. The number of rotatable bonds is 4. The van der Waals surface area contributed by atoms with Crippen LogP contribution in [-0.2, 0) is 19.4 Å². The Labute approximate surface area is 111 Å². The molecule has 4 nitrogen and oxygen atoms in total. The molecule has 2 aromatic rings. The normalized spacial score (nSPS) is 14.7. The van der Waals surface area contributed by atoms with Gasteiger partial charge < -0.3 is 5.32 Å². The summed E-state index contributed by atoms with van der Waals surface area (Å²) >= 11 is 1.82. The SMILES string of the molecule is CCNCc1cn(-c2nc3c(s2)CCCC3)cn1. The van der Waals surface area contributed by atoms with Crippen molar-refractivity contribution in [2.75, 3.05) is 6.54 Å². The molecular weight excluding hydrogens is 244 g/mol. The van der Waals surface area contributed by atoms with E-state index in [1.54, 1.807) is 0 Å². The molecule has 0 aliphatic heterocycles. The Hall–Kier alpha value is -1.20. The monoisotopic (exact) mass is 262 g/mol. The van der Waals surface area contributed by atoms with E-state index < -0.39 is 0 Å². The number of aromatic nitrogens is 3. The molecule has 1 aliphatic carbocycles. The summed E-state index contributed by atoms with van der Waals surface area (Å²) in [7, 11) is 0. The van der Waals surface area contributed by atoms with Crippen molar-refractivity contribution in [3.63, 3.8) is 0 Å². The number of nitrogens with one attached hydrogen (secondary N) is 1. The first-order chi connectivity index (χ1) is 8.86. The Morgan fingerprint density at radius 3 is 3.11 bits per heavy atom. The summed E-state index contributed by atoms with van der Waals surface area (Å²) in [6.45, 7) is 3.90. The van der Waals surface area contributed by atoms with Gasteiger partial charge in [0, 0.05) is 17.6 Å². The van der Waals surface area contributed by atoms with Gasteiger partial charge in [0.2, 0.25) is 0 Å². The first-order valence-electron chi connectivity index (χ1n) is 6.59. The van der Waals surface area contributed by atoms with Crippen LogP contribution in [0.2, 0.25) is 0 Å².